The second-order valence-corrected chi connectivity index (χ2v) is 8.10. The van der Waals surface area contributed by atoms with Crippen LogP contribution in [0.2, 0.25) is 0 Å². The molecule has 0 amide bonds. The van der Waals surface area contributed by atoms with Crippen LogP contribution in [-0.4, -0.2) is 51.3 Å². The monoisotopic (exact) mass is 324 g/mol. The molecule has 0 bridgehead atoms. The van der Waals surface area contributed by atoms with E-state index in [0.717, 1.165) is 50.8 Å². The fourth-order valence-corrected chi connectivity index (χ4v) is 4.49. The average molecular weight is 324 g/mol. The van der Waals surface area contributed by atoms with Gasteiger partial charge in [-0.1, -0.05) is 0 Å². The molecule has 0 radical (unpaired) electrons. The number of epoxide rings is 2. The first-order chi connectivity index (χ1) is 11.4. The predicted molar refractivity (Wildman–Crippen MR) is 87.4 cm³/mol. The Morgan fingerprint density at radius 2 is 1.22 bits per heavy atom. The molecule has 4 heteroatoms. The quantitative estimate of drug-likeness (QED) is 0.643. The zero-order chi connectivity index (χ0) is 15.5. The minimum atomic E-state index is 0.412. The van der Waals surface area contributed by atoms with Gasteiger partial charge in [-0.05, 0) is 69.1 Å². The van der Waals surface area contributed by atoms with Crippen molar-refractivity contribution in [3.05, 3.63) is 0 Å². The average Bonchev–Trinajstić information content (AvgIpc) is 3.49. The van der Waals surface area contributed by atoms with Crippen molar-refractivity contribution in [2.45, 2.75) is 69.7 Å². The SMILES string of the molecule is C1CC(C2CCC(OCC3CO3)CC2)CCC1COCC1CO1. The highest BCUT2D eigenvalue weighted by Gasteiger charge is 2.32. The summed E-state index contributed by atoms with van der Waals surface area (Å²) in [5, 5.41) is 0. The Hall–Kier alpha value is -0.160. The van der Waals surface area contributed by atoms with Crippen LogP contribution in [-0.2, 0) is 18.9 Å². The third kappa shape index (κ3) is 5.15. The molecule has 0 aromatic rings. The molecule has 4 aliphatic rings. The van der Waals surface area contributed by atoms with E-state index in [1.54, 1.807) is 0 Å². The van der Waals surface area contributed by atoms with Crippen LogP contribution in [0.1, 0.15) is 51.4 Å². The predicted octanol–water partition coefficient (Wildman–Crippen LogP) is 3.18. The lowest BCUT2D eigenvalue weighted by molar-refractivity contribution is -0.00175. The summed E-state index contributed by atoms with van der Waals surface area (Å²) >= 11 is 0. The third-order valence-corrected chi connectivity index (χ3v) is 6.26. The second-order valence-electron chi connectivity index (χ2n) is 8.10. The van der Waals surface area contributed by atoms with Gasteiger partial charge in [-0.3, -0.25) is 0 Å². The fraction of sp³-hybridized carbons (Fsp3) is 1.00. The lowest BCUT2D eigenvalue weighted by atomic mass is 9.71. The summed E-state index contributed by atoms with van der Waals surface area (Å²) in [4.78, 5) is 0. The van der Waals surface area contributed by atoms with Crippen molar-refractivity contribution in [1.29, 1.82) is 0 Å². The van der Waals surface area contributed by atoms with Gasteiger partial charge >= 0.3 is 0 Å². The summed E-state index contributed by atoms with van der Waals surface area (Å²) in [6.45, 7) is 4.42. The van der Waals surface area contributed by atoms with Crippen molar-refractivity contribution in [2.75, 3.05) is 33.0 Å². The van der Waals surface area contributed by atoms with Gasteiger partial charge in [0.2, 0.25) is 0 Å². The van der Waals surface area contributed by atoms with E-state index in [1.807, 2.05) is 0 Å². The van der Waals surface area contributed by atoms with Crippen molar-refractivity contribution in [3.63, 3.8) is 0 Å². The van der Waals surface area contributed by atoms with E-state index in [0.29, 0.717) is 18.3 Å². The molecule has 2 aliphatic carbocycles. The molecule has 0 aromatic heterocycles. The van der Waals surface area contributed by atoms with Gasteiger partial charge < -0.3 is 18.9 Å². The van der Waals surface area contributed by atoms with Crippen LogP contribution >= 0.6 is 0 Å². The van der Waals surface area contributed by atoms with Crippen LogP contribution < -0.4 is 0 Å². The molecule has 4 rings (SSSR count). The molecule has 2 unspecified atom stereocenters. The first kappa shape index (κ1) is 16.3. The Bertz CT molecular complexity index is 350. The maximum atomic E-state index is 5.98. The van der Waals surface area contributed by atoms with Gasteiger partial charge in [-0.2, -0.15) is 0 Å². The van der Waals surface area contributed by atoms with Crippen LogP contribution in [0.4, 0.5) is 0 Å². The summed E-state index contributed by atoms with van der Waals surface area (Å²) in [5.41, 5.74) is 0. The van der Waals surface area contributed by atoms with Gasteiger partial charge in [0.1, 0.15) is 12.2 Å². The molecule has 132 valence electrons. The van der Waals surface area contributed by atoms with Crippen molar-refractivity contribution in [1.82, 2.24) is 0 Å². The standard InChI is InChI=1S/C19H32O4/c1-3-15(4-2-14(1)9-20-10-18-11-22-18)16-5-7-17(8-6-16)21-12-19-13-23-19/h14-19H,1-13H2. The van der Waals surface area contributed by atoms with Gasteiger partial charge in [0, 0.05) is 6.61 Å². The summed E-state index contributed by atoms with van der Waals surface area (Å²) in [6, 6.07) is 0. The summed E-state index contributed by atoms with van der Waals surface area (Å²) < 4.78 is 22.2. The van der Waals surface area contributed by atoms with Crippen molar-refractivity contribution >= 4 is 0 Å². The third-order valence-electron chi connectivity index (χ3n) is 6.26. The van der Waals surface area contributed by atoms with Gasteiger partial charge in [0.05, 0.1) is 32.5 Å². The molecule has 0 N–H and O–H groups in total. The first-order valence-electron chi connectivity index (χ1n) is 9.79. The van der Waals surface area contributed by atoms with E-state index in [9.17, 15) is 0 Å². The minimum Gasteiger partial charge on any atom is -0.378 e. The molecule has 4 nitrogen and oxygen atoms in total. The van der Waals surface area contributed by atoms with Gasteiger partial charge in [-0.25, -0.2) is 0 Å². The molecule has 0 spiro atoms. The van der Waals surface area contributed by atoms with Gasteiger partial charge in [-0.15, -0.1) is 0 Å². The van der Waals surface area contributed by atoms with Crippen LogP contribution in [0, 0.1) is 17.8 Å². The smallest absolute Gasteiger partial charge is 0.104 e. The molecule has 23 heavy (non-hydrogen) atoms. The number of rotatable bonds is 8. The van der Waals surface area contributed by atoms with E-state index < -0.39 is 0 Å². The Labute approximate surface area is 140 Å². The van der Waals surface area contributed by atoms with E-state index >= 15 is 0 Å². The Balaban J connectivity index is 1.09. The normalized spacial score (nSPS) is 43.3. The zero-order valence-corrected chi connectivity index (χ0v) is 14.3. The van der Waals surface area contributed by atoms with E-state index in [4.69, 9.17) is 18.9 Å². The van der Waals surface area contributed by atoms with Crippen LogP contribution in [0.5, 0.6) is 0 Å². The van der Waals surface area contributed by atoms with Crippen LogP contribution in [0.15, 0.2) is 0 Å². The fourth-order valence-electron chi connectivity index (χ4n) is 4.49. The molecule has 2 heterocycles. The van der Waals surface area contributed by atoms with Gasteiger partial charge in [0.25, 0.3) is 0 Å². The maximum absolute atomic E-state index is 5.98. The lowest BCUT2D eigenvalue weighted by Gasteiger charge is -2.37. The lowest BCUT2D eigenvalue weighted by Crippen LogP contribution is -2.30. The number of hydrogen-bond acceptors (Lipinski definition) is 4. The Morgan fingerprint density at radius 1 is 0.652 bits per heavy atom. The van der Waals surface area contributed by atoms with E-state index in [2.05, 4.69) is 0 Å². The number of hydrogen-bond donors (Lipinski definition) is 0. The first-order valence-corrected chi connectivity index (χ1v) is 9.79. The topological polar surface area (TPSA) is 43.5 Å². The molecule has 2 saturated heterocycles. The number of ether oxygens (including phenoxy) is 4. The van der Waals surface area contributed by atoms with Crippen molar-refractivity contribution in [3.8, 4) is 0 Å². The van der Waals surface area contributed by atoms with E-state index in [-0.39, 0.29) is 0 Å². The van der Waals surface area contributed by atoms with Crippen LogP contribution in [0.3, 0.4) is 0 Å². The molecule has 0 aromatic carbocycles. The van der Waals surface area contributed by atoms with Gasteiger partial charge in [0.15, 0.2) is 0 Å². The highest BCUT2D eigenvalue weighted by molar-refractivity contribution is 4.83. The molecular weight excluding hydrogens is 292 g/mol. The van der Waals surface area contributed by atoms with Crippen molar-refractivity contribution < 1.29 is 18.9 Å². The Kier molecular flexibility index (Phi) is 5.54. The summed E-state index contributed by atoms with van der Waals surface area (Å²) in [7, 11) is 0. The highest BCUT2D eigenvalue weighted by Crippen LogP contribution is 2.40. The largest absolute Gasteiger partial charge is 0.378 e. The second kappa shape index (κ2) is 7.81. The van der Waals surface area contributed by atoms with Crippen molar-refractivity contribution in [2.24, 2.45) is 17.8 Å². The molecule has 2 aliphatic heterocycles. The van der Waals surface area contributed by atoms with E-state index in [1.165, 1.54) is 51.4 Å². The summed E-state index contributed by atoms with van der Waals surface area (Å²) in [6.07, 6.45) is 12.2. The molecule has 2 atom stereocenters. The minimum absolute atomic E-state index is 0.412. The zero-order valence-electron chi connectivity index (χ0n) is 14.3. The Morgan fingerprint density at radius 3 is 1.83 bits per heavy atom. The molecule has 4 fully saturated rings. The molecular formula is C19H32O4. The van der Waals surface area contributed by atoms with Crippen LogP contribution in [0.25, 0.3) is 0 Å². The summed E-state index contributed by atoms with van der Waals surface area (Å²) in [5.74, 6) is 2.71. The maximum Gasteiger partial charge on any atom is 0.104 e. The molecule has 2 saturated carbocycles. The highest BCUT2D eigenvalue weighted by atomic mass is 16.6.